The number of unbranched alkanes of at least 4 members (excludes halogenated alkanes) is 1. The van der Waals surface area contributed by atoms with Crippen molar-refractivity contribution in [2.75, 3.05) is 26.2 Å². The van der Waals surface area contributed by atoms with Crippen molar-refractivity contribution in [3.8, 4) is 0 Å². The van der Waals surface area contributed by atoms with Crippen LogP contribution >= 0.6 is 11.8 Å². The normalized spacial score (nSPS) is 23.5. The fourth-order valence-electron chi connectivity index (χ4n) is 4.64. The molecule has 2 heterocycles. The number of hydrogen-bond donors (Lipinski definition) is 4. The molecule has 224 valence electrons. The third-order valence-electron chi connectivity index (χ3n) is 6.99. The smallest absolute Gasteiger partial charge is 0.325 e. The lowest BCUT2D eigenvalue weighted by Gasteiger charge is -2.33. The van der Waals surface area contributed by atoms with E-state index >= 15 is 0 Å². The van der Waals surface area contributed by atoms with E-state index in [1.807, 2.05) is 6.92 Å². The Hall–Kier alpha value is -3.45. The Morgan fingerprint density at radius 2 is 1.83 bits per heavy atom. The number of imide groups is 1. The van der Waals surface area contributed by atoms with Gasteiger partial charge in [0.15, 0.2) is 5.78 Å². The van der Waals surface area contributed by atoms with E-state index in [9.17, 15) is 33.9 Å². The first kappa shape index (κ1) is 25.3. The molecule has 13 heteroatoms. The van der Waals surface area contributed by atoms with Gasteiger partial charge in [0.05, 0.1) is 18.1 Å². The van der Waals surface area contributed by atoms with E-state index in [1.165, 1.54) is 4.90 Å². The zero-order valence-corrected chi connectivity index (χ0v) is 24.3. The third kappa shape index (κ3) is 7.64. The average molecular weight is 595 g/mol. The molecule has 2 fully saturated rings. The maximum Gasteiger partial charge on any atom is 0.325 e. The number of nitrogens with zero attached hydrogens (tertiary/aromatic N) is 2. The summed E-state index contributed by atoms with van der Waals surface area (Å²) in [5.41, 5.74) is -0.587. The fraction of sp³-hybridized carbons (Fsp3) is 0.571. The number of Topliss-reactive ketones (excluding diaryl/α,β-unsaturated/α-hetero) is 1. The van der Waals surface area contributed by atoms with Gasteiger partial charge in [-0.15, -0.1) is 11.8 Å². The Kier molecular flexibility index (Phi) is 8.60. The Morgan fingerprint density at radius 3 is 2.41 bits per heavy atom. The number of hydrogen-bond acceptors (Lipinski definition) is 8. The van der Waals surface area contributed by atoms with Crippen LogP contribution in [0.1, 0.15) is 65.4 Å². The first-order valence-corrected chi connectivity index (χ1v) is 14.3. The highest BCUT2D eigenvalue weighted by Crippen LogP contribution is 2.42. The summed E-state index contributed by atoms with van der Waals surface area (Å²) in [5.74, 6) is -6.01. The number of ketones is 1. The number of carboxylic acid groups (broad SMARTS) is 1. The summed E-state index contributed by atoms with van der Waals surface area (Å²) in [4.78, 5) is 80.0. The Bertz CT molecular complexity index is 1400. The average Bonchev–Trinajstić information content (AvgIpc) is 3.33. The fourth-order valence-corrected chi connectivity index (χ4v) is 6.19. The number of amides is 5. The molecule has 0 aromatic heterocycles. The molecule has 4 atom stereocenters. The maximum absolute atomic E-state index is 14.1. The highest BCUT2D eigenvalue weighted by atomic mass is 32.2. The van der Waals surface area contributed by atoms with Crippen molar-refractivity contribution in [1.82, 2.24) is 25.8 Å². The monoisotopic (exact) mass is 594 g/mol. The van der Waals surface area contributed by atoms with Gasteiger partial charge in [-0.2, -0.15) is 0 Å². The topological polar surface area (TPSA) is 165 Å². The summed E-state index contributed by atoms with van der Waals surface area (Å²) in [7, 11) is 0. The second-order valence-corrected chi connectivity index (χ2v) is 12.1. The molecule has 2 aliphatic rings. The number of aliphatic carboxylic acids is 1. The number of nitrogens with one attached hydrogen (secondary N) is 3. The van der Waals surface area contributed by atoms with Crippen molar-refractivity contribution in [2.45, 2.75) is 69.2 Å². The molecular weight excluding hydrogens is 550 g/mol. The summed E-state index contributed by atoms with van der Waals surface area (Å²) in [6, 6.07) is -8.09. The van der Waals surface area contributed by atoms with Crippen molar-refractivity contribution in [3.05, 3.63) is 35.8 Å². The molecule has 2 aliphatic heterocycles. The zero-order valence-electron chi connectivity index (χ0n) is 28.5. The van der Waals surface area contributed by atoms with E-state index in [1.54, 1.807) is 20.8 Å². The van der Waals surface area contributed by atoms with Crippen LogP contribution in [0, 0.1) is 5.92 Å². The second-order valence-electron chi connectivity index (χ2n) is 10.3. The number of carbonyl (C=O) groups is 6. The molecule has 0 saturated carbocycles. The molecule has 2 saturated heterocycles. The van der Waals surface area contributed by atoms with Gasteiger partial charge >= 0.3 is 23.8 Å². The van der Waals surface area contributed by atoms with Crippen molar-refractivity contribution < 1.29 is 40.7 Å². The van der Waals surface area contributed by atoms with Gasteiger partial charge in [-0.05, 0) is 32.8 Å². The van der Waals surface area contributed by atoms with Crippen LogP contribution in [-0.4, -0.2) is 92.8 Å². The van der Waals surface area contributed by atoms with Crippen molar-refractivity contribution in [1.29, 1.82) is 0 Å². The lowest BCUT2D eigenvalue weighted by atomic mass is 9.93. The van der Waals surface area contributed by atoms with Crippen LogP contribution < -0.4 is 16.0 Å². The van der Waals surface area contributed by atoms with Crippen LogP contribution in [0.3, 0.4) is 0 Å². The van der Waals surface area contributed by atoms with Gasteiger partial charge in [0.1, 0.15) is 12.1 Å². The number of carbonyl (C=O) groups excluding carboxylic acids is 5. The van der Waals surface area contributed by atoms with Crippen LogP contribution in [0.2, 0.25) is 0 Å². The minimum absolute atomic E-state index is 0.0207. The van der Waals surface area contributed by atoms with Gasteiger partial charge in [-0.25, -0.2) is 4.79 Å². The molecule has 0 radical (unpaired) electrons. The number of urea groups is 1. The molecule has 41 heavy (non-hydrogen) atoms. The number of rotatable bonds is 12. The quantitative estimate of drug-likeness (QED) is 0.207. The van der Waals surface area contributed by atoms with E-state index in [0.717, 1.165) is 18.2 Å². The van der Waals surface area contributed by atoms with Crippen LogP contribution in [-0.2, 0) is 24.0 Å². The van der Waals surface area contributed by atoms with Gasteiger partial charge in [0.25, 0.3) is 0 Å². The van der Waals surface area contributed by atoms with Gasteiger partial charge in [0, 0.05) is 37.3 Å². The molecule has 3 rings (SSSR count). The molecule has 12 nitrogen and oxygen atoms in total. The Morgan fingerprint density at radius 1 is 1.15 bits per heavy atom. The molecule has 1 aromatic rings. The van der Waals surface area contributed by atoms with E-state index in [4.69, 9.17) is 6.85 Å². The molecular formula is C28H39N5O7S. The van der Waals surface area contributed by atoms with Crippen molar-refractivity contribution in [3.63, 3.8) is 0 Å². The Labute approximate surface area is 251 Å². The zero-order chi connectivity index (χ0) is 34.7. The number of carboxylic acids is 1. The summed E-state index contributed by atoms with van der Waals surface area (Å²) in [6.07, 6.45) is 0.737. The largest absolute Gasteiger partial charge is 0.480 e. The molecule has 1 aromatic carbocycles. The molecule has 0 bridgehead atoms. The highest BCUT2D eigenvalue weighted by Gasteiger charge is 2.49. The van der Waals surface area contributed by atoms with Crippen molar-refractivity contribution >= 4 is 47.3 Å². The molecule has 5 amide bonds. The van der Waals surface area contributed by atoms with Crippen LogP contribution in [0.15, 0.2) is 30.2 Å². The summed E-state index contributed by atoms with van der Waals surface area (Å²) in [6.45, 7) is 7.20. The summed E-state index contributed by atoms with van der Waals surface area (Å²) < 4.78 is 40.2. The molecule has 0 aliphatic carbocycles. The summed E-state index contributed by atoms with van der Waals surface area (Å²) in [5, 5.41) is 16.8. The Balaban J connectivity index is 2.05. The first-order valence-electron chi connectivity index (χ1n) is 15.9. The second kappa shape index (κ2) is 13.9. The predicted octanol–water partition coefficient (Wildman–Crippen LogP) is 1.51. The third-order valence-corrected chi connectivity index (χ3v) is 8.55. The van der Waals surface area contributed by atoms with E-state index in [2.05, 4.69) is 16.0 Å². The van der Waals surface area contributed by atoms with Gasteiger partial charge in [0.2, 0.25) is 5.91 Å². The van der Waals surface area contributed by atoms with Crippen LogP contribution in [0.5, 0.6) is 0 Å². The minimum Gasteiger partial charge on any atom is -0.480 e. The van der Waals surface area contributed by atoms with Crippen molar-refractivity contribution in [2.24, 2.45) is 5.92 Å². The van der Waals surface area contributed by atoms with Crippen LogP contribution in [0.25, 0.3) is 0 Å². The van der Waals surface area contributed by atoms with Crippen LogP contribution in [0.4, 0.5) is 4.79 Å². The predicted molar refractivity (Wildman–Crippen MR) is 153 cm³/mol. The van der Waals surface area contributed by atoms with E-state index in [-0.39, 0.29) is 26.2 Å². The number of piperazine rings is 1. The highest BCUT2D eigenvalue weighted by molar-refractivity contribution is 8.01. The first-order chi connectivity index (χ1) is 21.5. The lowest BCUT2D eigenvalue weighted by molar-refractivity contribution is -0.153. The number of likely N-dealkylation sites (N-methyl/N-ethyl adjacent to an activating group) is 1. The summed E-state index contributed by atoms with van der Waals surface area (Å²) >= 11 is 1.14. The van der Waals surface area contributed by atoms with E-state index in [0.29, 0.717) is 11.3 Å². The van der Waals surface area contributed by atoms with Gasteiger partial charge in [-0.1, -0.05) is 43.6 Å². The standard InChI is InChI=1S/C28H39N5O7S/c1-5-7-13-29-22(35)18(23-31-21(26(38)39)28(3,4)41-23)16-19(34)20(17-11-9-8-10-12-17)30-27(40)33-15-14-32(6-2)24(36)25(33)37/h8-12,18,20-21,23,31H,5-7,13-16H2,1-4H3,(H,29,35)(H,30,40)(H,38,39)/t18-,20-,21+,23-/m1/s1/i8D,9D,10D,11D,12D. The van der Waals surface area contributed by atoms with Gasteiger partial charge < -0.3 is 20.6 Å². The van der Waals surface area contributed by atoms with Gasteiger partial charge in [-0.3, -0.25) is 34.2 Å². The molecule has 0 spiro atoms. The molecule has 0 unspecified atom stereocenters. The number of thioether (sulfide) groups is 1. The maximum atomic E-state index is 14.1. The minimum atomic E-state index is -1.94. The number of benzene rings is 1. The lowest BCUT2D eigenvalue weighted by Crippen LogP contribution is -2.58. The molecule has 4 N–H and O–H groups in total. The SMILES string of the molecule is [2H]c1c([2H])c([2H])c([C@@H](NC(=O)N2CCN(CC)C(=O)C2=O)C(=O)C[C@H](C(=O)NCCCC)[C@@H]2N[C@@H](C(=O)O)C(C)(C)S2)c([2H])c1[2H]. The van der Waals surface area contributed by atoms with E-state index < -0.39 is 106 Å².